The van der Waals surface area contributed by atoms with E-state index in [1.807, 2.05) is 6.92 Å². The normalized spacial score (nSPS) is 25.7. The van der Waals surface area contributed by atoms with E-state index < -0.39 is 6.10 Å². The van der Waals surface area contributed by atoms with Crippen molar-refractivity contribution in [3.05, 3.63) is 0 Å². The van der Waals surface area contributed by atoms with Gasteiger partial charge >= 0.3 is 0 Å². The van der Waals surface area contributed by atoms with Gasteiger partial charge in [0.1, 0.15) is 6.61 Å². The lowest BCUT2D eigenvalue weighted by molar-refractivity contribution is -0.130. The fraction of sp³-hybridized carbons (Fsp3) is 0.929. The minimum Gasteiger partial charge on any atom is -0.391 e. The lowest BCUT2D eigenvalue weighted by Crippen LogP contribution is -2.36. The molecule has 4 heteroatoms. The summed E-state index contributed by atoms with van der Waals surface area (Å²) in [5.41, 5.74) is 0. The third kappa shape index (κ3) is 5.83. The van der Waals surface area contributed by atoms with Gasteiger partial charge in [0.25, 0.3) is 0 Å². The zero-order valence-corrected chi connectivity index (χ0v) is 11.7. The molecular formula is C14H27NO3. The van der Waals surface area contributed by atoms with Crippen LogP contribution >= 0.6 is 0 Å². The van der Waals surface area contributed by atoms with Crippen molar-refractivity contribution in [1.29, 1.82) is 0 Å². The molecule has 106 valence electrons. The Labute approximate surface area is 110 Å². The van der Waals surface area contributed by atoms with E-state index in [-0.39, 0.29) is 18.6 Å². The molecule has 1 aliphatic rings. The Morgan fingerprint density at radius 1 is 1.44 bits per heavy atom. The number of amides is 1. The number of hydrogen-bond acceptors (Lipinski definition) is 3. The van der Waals surface area contributed by atoms with Gasteiger partial charge in [-0.1, -0.05) is 33.1 Å². The van der Waals surface area contributed by atoms with Crippen molar-refractivity contribution in [2.75, 3.05) is 13.2 Å². The molecule has 1 amide bonds. The lowest BCUT2D eigenvalue weighted by Gasteiger charge is -2.28. The molecule has 0 spiro atoms. The highest BCUT2D eigenvalue weighted by molar-refractivity contribution is 5.77. The molecule has 0 saturated heterocycles. The van der Waals surface area contributed by atoms with Gasteiger partial charge in [-0.05, 0) is 25.2 Å². The zero-order valence-electron chi connectivity index (χ0n) is 11.7. The minimum atomic E-state index is -0.437. The first-order valence-electron chi connectivity index (χ1n) is 7.19. The zero-order chi connectivity index (χ0) is 13.4. The topological polar surface area (TPSA) is 58.6 Å². The van der Waals surface area contributed by atoms with Crippen molar-refractivity contribution in [3.63, 3.8) is 0 Å². The van der Waals surface area contributed by atoms with Crippen LogP contribution in [0.2, 0.25) is 0 Å². The van der Waals surface area contributed by atoms with Crippen molar-refractivity contribution in [1.82, 2.24) is 5.32 Å². The Kier molecular flexibility index (Phi) is 7.28. The molecule has 3 atom stereocenters. The quantitative estimate of drug-likeness (QED) is 0.732. The van der Waals surface area contributed by atoms with E-state index in [9.17, 15) is 9.90 Å². The van der Waals surface area contributed by atoms with Crippen molar-refractivity contribution >= 4 is 5.91 Å². The maximum absolute atomic E-state index is 11.6. The van der Waals surface area contributed by atoms with Crippen LogP contribution in [0.5, 0.6) is 0 Å². The number of carbonyl (C=O) groups is 1. The SMILES string of the molecule is CCCC(O)CNC(=O)COC1CCCCC1C. The summed E-state index contributed by atoms with van der Waals surface area (Å²) in [6.45, 7) is 4.65. The van der Waals surface area contributed by atoms with E-state index in [2.05, 4.69) is 12.2 Å². The van der Waals surface area contributed by atoms with Gasteiger partial charge in [0.2, 0.25) is 5.91 Å². The predicted octanol–water partition coefficient (Wildman–Crippen LogP) is 1.86. The highest BCUT2D eigenvalue weighted by Gasteiger charge is 2.22. The van der Waals surface area contributed by atoms with Crippen LogP contribution < -0.4 is 5.32 Å². The van der Waals surface area contributed by atoms with Gasteiger partial charge in [0.05, 0.1) is 12.2 Å². The summed E-state index contributed by atoms with van der Waals surface area (Å²) in [5, 5.41) is 12.2. The van der Waals surface area contributed by atoms with E-state index in [0.717, 1.165) is 19.3 Å². The van der Waals surface area contributed by atoms with E-state index in [1.54, 1.807) is 0 Å². The maximum Gasteiger partial charge on any atom is 0.246 e. The van der Waals surface area contributed by atoms with Crippen molar-refractivity contribution in [2.24, 2.45) is 5.92 Å². The van der Waals surface area contributed by atoms with Gasteiger partial charge in [0, 0.05) is 6.54 Å². The fourth-order valence-electron chi connectivity index (χ4n) is 2.43. The van der Waals surface area contributed by atoms with Gasteiger partial charge in [-0.2, -0.15) is 0 Å². The summed E-state index contributed by atoms with van der Waals surface area (Å²) in [7, 11) is 0. The van der Waals surface area contributed by atoms with Crippen molar-refractivity contribution < 1.29 is 14.6 Å². The second kappa shape index (κ2) is 8.48. The molecule has 4 nitrogen and oxygen atoms in total. The summed E-state index contributed by atoms with van der Waals surface area (Å²) in [6, 6.07) is 0. The number of aliphatic hydroxyl groups excluding tert-OH is 1. The van der Waals surface area contributed by atoms with Crippen LogP contribution in [-0.4, -0.2) is 36.4 Å². The highest BCUT2D eigenvalue weighted by atomic mass is 16.5. The Morgan fingerprint density at radius 2 is 2.17 bits per heavy atom. The molecule has 0 aliphatic heterocycles. The summed E-state index contributed by atoms with van der Waals surface area (Å²) in [6.07, 6.45) is 6.17. The number of carbonyl (C=O) groups excluding carboxylic acids is 1. The van der Waals surface area contributed by atoms with E-state index in [0.29, 0.717) is 12.5 Å². The molecule has 0 aromatic carbocycles. The first kappa shape index (κ1) is 15.4. The minimum absolute atomic E-state index is 0.119. The molecule has 18 heavy (non-hydrogen) atoms. The molecule has 0 heterocycles. The number of aliphatic hydroxyl groups is 1. The molecule has 0 radical (unpaired) electrons. The van der Waals surface area contributed by atoms with E-state index in [1.165, 1.54) is 19.3 Å². The monoisotopic (exact) mass is 257 g/mol. The number of nitrogens with one attached hydrogen (secondary N) is 1. The molecule has 1 saturated carbocycles. The van der Waals surface area contributed by atoms with Gasteiger partial charge in [-0.3, -0.25) is 4.79 Å². The Balaban J connectivity index is 2.12. The molecule has 1 fully saturated rings. The maximum atomic E-state index is 11.6. The second-order valence-electron chi connectivity index (χ2n) is 5.36. The molecular weight excluding hydrogens is 230 g/mol. The summed E-state index contributed by atoms with van der Waals surface area (Å²) < 4.78 is 5.66. The molecule has 0 aromatic rings. The van der Waals surface area contributed by atoms with Gasteiger partial charge in [0.15, 0.2) is 0 Å². The molecule has 0 bridgehead atoms. The number of ether oxygens (including phenoxy) is 1. The van der Waals surface area contributed by atoms with Crippen LogP contribution in [0.3, 0.4) is 0 Å². The van der Waals surface area contributed by atoms with Crippen LogP contribution in [0, 0.1) is 5.92 Å². The summed E-state index contributed by atoms with van der Waals surface area (Å²) in [5.74, 6) is 0.431. The average Bonchev–Trinajstić information content (AvgIpc) is 2.36. The second-order valence-corrected chi connectivity index (χ2v) is 5.36. The number of hydrogen-bond donors (Lipinski definition) is 2. The van der Waals surface area contributed by atoms with Crippen LogP contribution in [0.4, 0.5) is 0 Å². The molecule has 0 aromatic heterocycles. The summed E-state index contributed by atoms with van der Waals surface area (Å²) >= 11 is 0. The van der Waals surface area contributed by atoms with Crippen molar-refractivity contribution in [3.8, 4) is 0 Å². The fourth-order valence-corrected chi connectivity index (χ4v) is 2.43. The van der Waals surface area contributed by atoms with Gasteiger partial charge in [-0.15, -0.1) is 0 Å². The standard InChI is InChI=1S/C14H27NO3/c1-3-6-12(16)9-15-14(17)10-18-13-8-5-4-7-11(13)2/h11-13,16H,3-10H2,1-2H3,(H,15,17). The molecule has 1 rings (SSSR count). The van der Waals surface area contributed by atoms with Crippen LogP contribution in [-0.2, 0) is 9.53 Å². The van der Waals surface area contributed by atoms with Crippen molar-refractivity contribution in [2.45, 2.75) is 64.6 Å². The summed E-state index contributed by atoms with van der Waals surface area (Å²) in [4.78, 5) is 11.6. The Bertz CT molecular complexity index is 245. The molecule has 1 aliphatic carbocycles. The first-order valence-corrected chi connectivity index (χ1v) is 7.19. The lowest BCUT2D eigenvalue weighted by atomic mass is 9.88. The van der Waals surface area contributed by atoms with E-state index >= 15 is 0 Å². The molecule has 2 N–H and O–H groups in total. The van der Waals surface area contributed by atoms with Crippen LogP contribution in [0.15, 0.2) is 0 Å². The van der Waals surface area contributed by atoms with Crippen LogP contribution in [0.1, 0.15) is 52.4 Å². The van der Waals surface area contributed by atoms with Crippen LogP contribution in [0.25, 0.3) is 0 Å². The largest absolute Gasteiger partial charge is 0.391 e. The smallest absolute Gasteiger partial charge is 0.246 e. The van der Waals surface area contributed by atoms with E-state index in [4.69, 9.17) is 4.74 Å². The first-order chi connectivity index (χ1) is 8.63. The average molecular weight is 257 g/mol. The Hall–Kier alpha value is -0.610. The van der Waals surface area contributed by atoms with Gasteiger partial charge in [-0.25, -0.2) is 0 Å². The highest BCUT2D eigenvalue weighted by Crippen LogP contribution is 2.25. The number of rotatable bonds is 7. The predicted molar refractivity (Wildman–Crippen MR) is 71.3 cm³/mol. The Morgan fingerprint density at radius 3 is 2.83 bits per heavy atom. The third-order valence-electron chi connectivity index (χ3n) is 3.62. The van der Waals surface area contributed by atoms with Gasteiger partial charge < -0.3 is 15.2 Å². The third-order valence-corrected chi connectivity index (χ3v) is 3.62. The molecule has 3 unspecified atom stereocenters.